The lowest BCUT2D eigenvalue weighted by atomic mass is 9.89. The van der Waals surface area contributed by atoms with Crippen molar-refractivity contribution in [3.8, 4) is 0 Å². The standard InChI is InChI=1S/C19H32O5/c1-3-4-5-8-14(20)11-12-16-15(17(21)13-18(16)22)9-6-7-10-19(23)24-2/h6-7,11-12,14-18,20-22H,3-5,8-10,13H2,1-2H3/b7-6-,12-11+/t14?,15-,16+,17-,18+/m1/s1. The SMILES string of the molecule is CCCCCC(O)/C=C/[C@H]1[C@@H](C/C=C\CC(=O)OC)[C@H](O)C[C@@H]1O. The van der Waals surface area contributed by atoms with Crippen molar-refractivity contribution in [1.29, 1.82) is 0 Å². The van der Waals surface area contributed by atoms with Gasteiger partial charge in [-0.25, -0.2) is 0 Å². The lowest BCUT2D eigenvalue weighted by Gasteiger charge is -2.19. The average molecular weight is 340 g/mol. The number of hydrogen-bond acceptors (Lipinski definition) is 5. The van der Waals surface area contributed by atoms with Crippen molar-refractivity contribution in [2.75, 3.05) is 7.11 Å². The number of unbranched alkanes of at least 4 members (excludes halogenated alkanes) is 2. The molecule has 0 aromatic heterocycles. The second-order valence-electron chi connectivity index (χ2n) is 6.55. The number of aliphatic hydroxyl groups excluding tert-OH is 3. The first-order valence-corrected chi connectivity index (χ1v) is 8.93. The first kappa shape index (κ1) is 20.9. The molecule has 1 saturated carbocycles. The molecule has 0 aromatic rings. The number of carbonyl (C=O) groups excluding carboxylic acids is 1. The summed E-state index contributed by atoms with van der Waals surface area (Å²) in [7, 11) is 1.35. The Morgan fingerprint density at radius 2 is 2.00 bits per heavy atom. The molecule has 0 amide bonds. The Balaban J connectivity index is 2.54. The highest BCUT2D eigenvalue weighted by Crippen LogP contribution is 2.36. The minimum atomic E-state index is -0.599. The molecule has 3 N–H and O–H groups in total. The molecule has 1 unspecified atom stereocenters. The van der Waals surface area contributed by atoms with Gasteiger partial charge in [-0.05, 0) is 18.8 Å². The second kappa shape index (κ2) is 11.4. The summed E-state index contributed by atoms with van der Waals surface area (Å²) >= 11 is 0. The van der Waals surface area contributed by atoms with Crippen LogP contribution in [0.25, 0.3) is 0 Å². The number of allylic oxidation sites excluding steroid dienone is 1. The third kappa shape index (κ3) is 7.16. The fourth-order valence-corrected chi connectivity index (χ4v) is 3.18. The van der Waals surface area contributed by atoms with Gasteiger partial charge in [-0.3, -0.25) is 4.79 Å². The van der Waals surface area contributed by atoms with Crippen LogP contribution in [0.15, 0.2) is 24.3 Å². The van der Waals surface area contributed by atoms with Crippen molar-refractivity contribution in [3.63, 3.8) is 0 Å². The average Bonchev–Trinajstić information content (AvgIpc) is 2.82. The fraction of sp³-hybridized carbons (Fsp3) is 0.737. The van der Waals surface area contributed by atoms with Gasteiger partial charge in [0.15, 0.2) is 0 Å². The van der Waals surface area contributed by atoms with E-state index in [1.807, 2.05) is 12.2 Å². The highest BCUT2D eigenvalue weighted by atomic mass is 16.5. The maximum Gasteiger partial charge on any atom is 0.309 e. The number of carbonyl (C=O) groups is 1. The van der Waals surface area contributed by atoms with Crippen LogP contribution in [0.4, 0.5) is 0 Å². The normalized spacial score (nSPS) is 28.7. The van der Waals surface area contributed by atoms with Crippen molar-refractivity contribution >= 4 is 5.97 Å². The molecule has 138 valence electrons. The fourth-order valence-electron chi connectivity index (χ4n) is 3.18. The van der Waals surface area contributed by atoms with Crippen LogP contribution in [0, 0.1) is 11.8 Å². The third-order valence-electron chi connectivity index (χ3n) is 4.66. The molecular formula is C19H32O5. The monoisotopic (exact) mass is 340 g/mol. The first-order chi connectivity index (χ1) is 11.5. The Labute approximate surface area is 145 Å². The first-order valence-electron chi connectivity index (χ1n) is 8.93. The van der Waals surface area contributed by atoms with Crippen LogP contribution >= 0.6 is 0 Å². The van der Waals surface area contributed by atoms with Crippen molar-refractivity contribution in [1.82, 2.24) is 0 Å². The van der Waals surface area contributed by atoms with Crippen LogP contribution in [-0.2, 0) is 9.53 Å². The maximum absolute atomic E-state index is 11.1. The van der Waals surface area contributed by atoms with Gasteiger partial charge in [-0.2, -0.15) is 0 Å². The van der Waals surface area contributed by atoms with Gasteiger partial charge in [0.1, 0.15) is 0 Å². The molecule has 0 radical (unpaired) electrons. The molecule has 0 heterocycles. The lowest BCUT2D eigenvalue weighted by molar-refractivity contribution is -0.139. The predicted octanol–water partition coefficient (Wildman–Crippen LogP) is 2.35. The van der Waals surface area contributed by atoms with Gasteiger partial charge in [-0.15, -0.1) is 0 Å². The molecule has 24 heavy (non-hydrogen) atoms. The van der Waals surface area contributed by atoms with Gasteiger partial charge in [-0.1, -0.05) is 50.5 Å². The minimum absolute atomic E-state index is 0.104. The number of esters is 1. The van der Waals surface area contributed by atoms with Crippen LogP contribution in [0.2, 0.25) is 0 Å². The van der Waals surface area contributed by atoms with Gasteiger partial charge in [0.25, 0.3) is 0 Å². The molecule has 0 spiro atoms. The third-order valence-corrected chi connectivity index (χ3v) is 4.66. The van der Waals surface area contributed by atoms with E-state index in [1.54, 1.807) is 12.2 Å². The Morgan fingerprint density at radius 1 is 1.25 bits per heavy atom. The topological polar surface area (TPSA) is 87.0 Å². The van der Waals surface area contributed by atoms with E-state index in [0.29, 0.717) is 12.8 Å². The van der Waals surface area contributed by atoms with Gasteiger partial charge < -0.3 is 20.1 Å². The lowest BCUT2D eigenvalue weighted by Crippen LogP contribution is -2.20. The highest BCUT2D eigenvalue weighted by molar-refractivity contribution is 5.70. The molecule has 0 bridgehead atoms. The zero-order valence-corrected chi connectivity index (χ0v) is 14.8. The van der Waals surface area contributed by atoms with Crippen LogP contribution in [-0.4, -0.2) is 46.7 Å². The van der Waals surface area contributed by atoms with Crippen LogP contribution < -0.4 is 0 Å². The molecule has 5 heteroatoms. The van der Waals surface area contributed by atoms with Gasteiger partial charge in [0, 0.05) is 12.3 Å². The Kier molecular flexibility index (Phi) is 9.91. The summed E-state index contributed by atoms with van der Waals surface area (Å²) < 4.78 is 4.57. The highest BCUT2D eigenvalue weighted by Gasteiger charge is 2.39. The number of ether oxygens (including phenoxy) is 1. The Hall–Kier alpha value is -1.17. The summed E-state index contributed by atoms with van der Waals surface area (Å²) in [6.45, 7) is 2.12. The number of aliphatic hydroxyl groups is 3. The summed E-state index contributed by atoms with van der Waals surface area (Å²) in [5, 5.41) is 30.3. The van der Waals surface area contributed by atoms with Crippen LogP contribution in [0.1, 0.15) is 51.9 Å². The molecular weight excluding hydrogens is 308 g/mol. The van der Waals surface area contributed by atoms with E-state index >= 15 is 0 Å². The molecule has 1 aliphatic rings. The Morgan fingerprint density at radius 3 is 2.67 bits per heavy atom. The van der Waals surface area contributed by atoms with E-state index in [1.165, 1.54) is 7.11 Å². The number of hydrogen-bond donors (Lipinski definition) is 3. The van der Waals surface area contributed by atoms with E-state index in [9.17, 15) is 20.1 Å². The van der Waals surface area contributed by atoms with Crippen LogP contribution in [0.5, 0.6) is 0 Å². The van der Waals surface area contributed by atoms with E-state index in [4.69, 9.17) is 0 Å². The summed E-state index contributed by atoms with van der Waals surface area (Å²) in [5.41, 5.74) is 0. The summed E-state index contributed by atoms with van der Waals surface area (Å²) in [4.78, 5) is 11.1. The summed E-state index contributed by atoms with van der Waals surface area (Å²) in [6.07, 6.45) is 10.5. The molecule has 1 rings (SSSR count). The van der Waals surface area contributed by atoms with E-state index < -0.39 is 18.3 Å². The zero-order chi connectivity index (χ0) is 17.9. The molecule has 0 aromatic carbocycles. The molecule has 1 aliphatic carbocycles. The molecule has 0 aliphatic heterocycles. The summed E-state index contributed by atoms with van der Waals surface area (Å²) in [5.74, 6) is -0.582. The molecule has 1 fully saturated rings. The quantitative estimate of drug-likeness (QED) is 0.323. The van der Waals surface area contributed by atoms with Crippen molar-refractivity contribution in [2.45, 2.75) is 70.2 Å². The van der Waals surface area contributed by atoms with Crippen molar-refractivity contribution in [2.24, 2.45) is 11.8 Å². The van der Waals surface area contributed by atoms with E-state index in [0.717, 1.165) is 25.7 Å². The van der Waals surface area contributed by atoms with Crippen molar-refractivity contribution in [3.05, 3.63) is 24.3 Å². The van der Waals surface area contributed by atoms with Gasteiger partial charge >= 0.3 is 5.97 Å². The van der Waals surface area contributed by atoms with Crippen molar-refractivity contribution < 1.29 is 24.9 Å². The van der Waals surface area contributed by atoms with Gasteiger partial charge in [0.05, 0.1) is 31.8 Å². The smallest absolute Gasteiger partial charge is 0.309 e. The molecule has 5 atom stereocenters. The predicted molar refractivity (Wildman–Crippen MR) is 93.3 cm³/mol. The van der Waals surface area contributed by atoms with E-state index in [2.05, 4.69) is 11.7 Å². The zero-order valence-electron chi connectivity index (χ0n) is 14.8. The number of methoxy groups -OCH3 is 1. The minimum Gasteiger partial charge on any atom is -0.469 e. The second-order valence-corrected chi connectivity index (χ2v) is 6.55. The molecule has 0 saturated heterocycles. The van der Waals surface area contributed by atoms with Crippen LogP contribution in [0.3, 0.4) is 0 Å². The Bertz CT molecular complexity index is 418. The largest absolute Gasteiger partial charge is 0.469 e. The van der Waals surface area contributed by atoms with Gasteiger partial charge in [0.2, 0.25) is 0 Å². The van der Waals surface area contributed by atoms with E-state index in [-0.39, 0.29) is 24.2 Å². The maximum atomic E-state index is 11.1. The molecule has 5 nitrogen and oxygen atoms in total. The summed E-state index contributed by atoms with van der Waals surface area (Å²) in [6, 6.07) is 0. The number of rotatable bonds is 10.